The summed E-state index contributed by atoms with van der Waals surface area (Å²) in [5.41, 5.74) is 0.607. The Morgan fingerprint density at radius 3 is 2.36 bits per heavy atom. The molecule has 1 saturated carbocycles. The molecule has 0 aromatic heterocycles. The number of rotatable bonds is 5. The average molecular weight is 321 g/mol. The van der Waals surface area contributed by atoms with E-state index in [0.29, 0.717) is 10.9 Å². The Kier molecular flexibility index (Phi) is 6.00. The molecule has 1 aliphatic rings. The number of anilines is 1. The van der Waals surface area contributed by atoms with Crippen LogP contribution in [0.4, 0.5) is 5.69 Å². The van der Waals surface area contributed by atoms with E-state index in [2.05, 4.69) is 5.32 Å². The van der Waals surface area contributed by atoms with Crippen LogP contribution >= 0.6 is 11.8 Å². The molecule has 0 unspecified atom stereocenters. The van der Waals surface area contributed by atoms with Crippen molar-refractivity contribution in [3.05, 3.63) is 24.3 Å². The van der Waals surface area contributed by atoms with Crippen molar-refractivity contribution in [3.8, 4) is 0 Å². The number of carbonyl (C=O) groups excluding carboxylic acids is 3. The van der Waals surface area contributed by atoms with Crippen molar-refractivity contribution >= 4 is 35.6 Å². The zero-order valence-electron chi connectivity index (χ0n) is 12.4. The summed E-state index contributed by atoms with van der Waals surface area (Å²) in [4.78, 5) is 33.9. The molecule has 1 fully saturated rings. The number of hydrogen-bond acceptors (Lipinski definition) is 5. The van der Waals surface area contributed by atoms with Gasteiger partial charge in [-0.05, 0) is 49.9 Å². The topological polar surface area (TPSA) is 72.5 Å². The lowest BCUT2D eigenvalue weighted by Crippen LogP contribution is -2.23. The fraction of sp³-hybridized carbons (Fsp3) is 0.438. The lowest BCUT2D eigenvalue weighted by molar-refractivity contribution is -0.146. The minimum absolute atomic E-state index is 0.0442. The van der Waals surface area contributed by atoms with Gasteiger partial charge in [-0.3, -0.25) is 14.4 Å². The lowest BCUT2D eigenvalue weighted by Gasteiger charge is -2.26. The van der Waals surface area contributed by atoms with Crippen LogP contribution in [0.1, 0.15) is 25.7 Å². The van der Waals surface area contributed by atoms with Gasteiger partial charge in [-0.25, -0.2) is 0 Å². The molecular formula is C16H19NO4S. The van der Waals surface area contributed by atoms with Crippen LogP contribution in [0.25, 0.3) is 0 Å². The second-order valence-corrected chi connectivity index (χ2v) is 6.62. The first kappa shape index (κ1) is 16.5. The molecule has 1 N–H and O–H groups in total. The summed E-state index contributed by atoms with van der Waals surface area (Å²) in [6.45, 7) is 0. The number of ether oxygens (including phenoxy) is 1. The maximum atomic E-state index is 11.5. The standard InChI is InChI=1S/C16H19NO4S/c1-21-16(20)11-2-6-13(7-3-11)22-14-8-4-12(5-9-14)17-15(19)10-18/h4-5,8-11,13H,2-3,6-7H2,1H3,(H,17,19). The first-order valence-electron chi connectivity index (χ1n) is 7.23. The van der Waals surface area contributed by atoms with Gasteiger partial charge in [-0.15, -0.1) is 11.8 Å². The first-order chi connectivity index (χ1) is 10.6. The molecular weight excluding hydrogens is 302 g/mol. The number of carbonyl (C=O) groups is 3. The third-order valence-corrected chi connectivity index (χ3v) is 5.09. The molecule has 1 aliphatic carbocycles. The summed E-state index contributed by atoms with van der Waals surface area (Å²) in [5.74, 6) is -0.706. The van der Waals surface area contributed by atoms with Crippen molar-refractivity contribution in [3.63, 3.8) is 0 Å². The third-order valence-electron chi connectivity index (χ3n) is 3.74. The molecule has 1 aromatic carbocycles. The van der Waals surface area contributed by atoms with E-state index in [4.69, 9.17) is 4.74 Å². The van der Waals surface area contributed by atoms with E-state index in [9.17, 15) is 14.4 Å². The highest BCUT2D eigenvalue weighted by Crippen LogP contribution is 2.36. The van der Waals surface area contributed by atoms with Gasteiger partial charge < -0.3 is 10.1 Å². The molecule has 0 aliphatic heterocycles. The predicted molar refractivity (Wildman–Crippen MR) is 84.8 cm³/mol. The van der Waals surface area contributed by atoms with E-state index in [1.807, 2.05) is 12.1 Å². The van der Waals surface area contributed by atoms with Gasteiger partial charge >= 0.3 is 5.97 Å². The van der Waals surface area contributed by atoms with Crippen molar-refractivity contribution < 1.29 is 19.1 Å². The minimum atomic E-state index is -0.651. The maximum Gasteiger partial charge on any atom is 0.308 e. The first-order valence-corrected chi connectivity index (χ1v) is 8.11. The molecule has 0 saturated heterocycles. The van der Waals surface area contributed by atoms with Gasteiger partial charge in [0.2, 0.25) is 6.29 Å². The Labute approximate surface area is 133 Å². The van der Waals surface area contributed by atoms with Crippen LogP contribution in [-0.4, -0.2) is 30.5 Å². The smallest absolute Gasteiger partial charge is 0.308 e. The minimum Gasteiger partial charge on any atom is -0.469 e. The average Bonchev–Trinajstić information content (AvgIpc) is 2.56. The van der Waals surface area contributed by atoms with Gasteiger partial charge in [0, 0.05) is 15.8 Å². The highest BCUT2D eigenvalue weighted by Gasteiger charge is 2.27. The molecule has 22 heavy (non-hydrogen) atoms. The Hall–Kier alpha value is -1.82. The van der Waals surface area contributed by atoms with Crippen LogP contribution in [0.15, 0.2) is 29.2 Å². The summed E-state index contributed by atoms with van der Waals surface area (Å²) >= 11 is 1.78. The monoisotopic (exact) mass is 321 g/mol. The Balaban J connectivity index is 1.83. The molecule has 1 aromatic rings. The van der Waals surface area contributed by atoms with Gasteiger partial charge in [-0.1, -0.05) is 0 Å². The van der Waals surface area contributed by atoms with E-state index in [1.54, 1.807) is 23.9 Å². The van der Waals surface area contributed by atoms with Crippen LogP contribution in [0.5, 0.6) is 0 Å². The molecule has 0 spiro atoms. The summed E-state index contributed by atoms with van der Waals surface area (Å²) < 4.78 is 4.79. The van der Waals surface area contributed by atoms with Crippen LogP contribution in [0.3, 0.4) is 0 Å². The number of thioether (sulfide) groups is 1. The quantitative estimate of drug-likeness (QED) is 0.513. The Morgan fingerprint density at radius 2 is 1.82 bits per heavy atom. The van der Waals surface area contributed by atoms with Crippen molar-refractivity contribution in [1.29, 1.82) is 0 Å². The predicted octanol–water partition coefficient (Wildman–Crippen LogP) is 2.65. The zero-order chi connectivity index (χ0) is 15.9. The van der Waals surface area contributed by atoms with Crippen molar-refractivity contribution in [1.82, 2.24) is 0 Å². The van der Waals surface area contributed by atoms with Crippen LogP contribution in [0.2, 0.25) is 0 Å². The third kappa shape index (κ3) is 4.59. The number of nitrogens with one attached hydrogen (secondary N) is 1. The Morgan fingerprint density at radius 1 is 1.18 bits per heavy atom. The van der Waals surface area contributed by atoms with Gasteiger partial charge in [0.05, 0.1) is 13.0 Å². The normalized spacial score (nSPS) is 21.0. The molecule has 6 heteroatoms. The number of esters is 1. The van der Waals surface area contributed by atoms with Crippen molar-refractivity contribution in [2.24, 2.45) is 5.92 Å². The van der Waals surface area contributed by atoms with Gasteiger partial charge in [0.15, 0.2) is 0 Å². The lowest BCUT2D eigenvalue weighted by atomic mass is 9.89. The largest absolute Gasteiger partial charge is 0.469 e. The van der Waals surface area contributed by atoms with Crippen LogP contribution in [-0.2, 0) is 19.1 Å². The summed E-state index contributed by atoms with van der Waals surface area (Å²) in [6, 6.07) is 7.42. The van der Waals surface area contributed by atoms with Crippen LogP contribution < -0.4 is 5.32 Å². The molecule has 0 heterocycles. The summed E-state index contributed by atoms with van der Waals surface area (Å²) in [5, 5.41) is 2.98. The highest BCUT2D eigenvalue weighted by molar-refractivity contribution is 8.00. The molecule has 0 atom stereocenters. The fourth-order valence-electron chi connectivity index (χ4n) is 2.56. The molecule has 0 radical (unpaired) electrons. The molecule has 2 rings (SSSR count). The second kappa shape index (κ2) is 7.98. The number of methoxy groups -OCH3 is 1. The van der Waals surface area contributed by atoms with E-state index in [-0.39, 0.29) is 18.2 Å². The second-order valence-electron chi connectivity index (χ2n) is 5.25. The SMILES string of the molecule is COC(=O)C1CCC(Sc2ccc(NC(=O)C=O)cc2)CC1. The number of hydrogen-bond donors (Lipinski definition) is 1. The fourth-order valence-corrected chi connectivity index (χ4v) is 3.75. The van der Waals surface area contributed by atoms with Crippen molar-refractivity contribution in [2.45, 2.75) is 35.8 Å². The molecule has 1 amide bonds. The molecule has 0 bridgehead atoms. The van der Waals surface area contributed by atoms with E-state index < -0.39 is 5.91 Å². The van der Waals surface area contributed by atoms with Crippen LogP contribution in [0, 0.1) is 5.92 Å². The summed E-state index contributed by atoms with van der Waals surface area (Å²) in [7, 11) is 1.44. The number of aldehydes is 1. The zero-order valence-corrected chi connectivity index (χ0v) is 13.2. The van der Waals surface area contributed by atoms with Gasteiger partial charge in [0.25, 0.3) is 5.91 Å². The Bertz CT molecular complexity index is 536. The number of benzene rings is 1. The highest BCUT2D eigenvalue weighted by atomic mass is 32.2. The van der Waals surface area contributed by atoms with E-state index >= 15 is 0 Å². The molecule has 5 nitrogen and oxygen atoms in total. The van der Waals surface area contributed by atoms with Gasteiger partial charge in [-0.2, -0.15) is 0 Å². The summed E-state index contributed by atoms with van der Waals surface area (Å²) in [6.07, 6.45) is 3.99. The maximum absolute atomic E-state index is 11.5. The van der Waals surface area contributed by atoms with Gasteiger partial charge in [0.1, 0.15) is 0 Å². The van der Waals surface area contributed by atoms with E-state index in [1.165, 1.54) is 7.11 Å². The molecule has 118 valence electrons. The van der Waals surface area contributed by atoms with Crippen molar-refractivity contribution in [2.75, 3.05) is 12.4 Å². The number of amides is 1. The van der Waals surface area contributed by atoms with E-state index in [0.717, 1.165) is 30.6 Å².